The van der Waals surface area contributed by atoms with Crippen molar-refractivity contribution >= 4 is 17.5 Å². The summed E-state index contributed by atoms with van der Waals surface area (Å²) >= 11 is 0. The Balaban J connectivity index is 2.19. The van der Waals surface area contributed by atoms with Crippen molar-refractivity contribution < 1.29 is 24.2 Å². The van der Waals surface area contributed by atoms with E-state index >= 15 is 0 Å². The molecule has 0 radical (unpaired) electrons. The molecule has 1 unspecified atom stereocenters. The van der Waals surface area contributed by atoms with Crippen molar-refractivity contribution in [3.8, 4) is 23.3 Å². The molecule has 2 aliphatic carbocycles. The lowest BCUT2D eigenvalue weighted by atomic mass is 9.75. The number of hydrogen-bond acceptors (Lipinski definition) is 6. The standard InChI is InChI=1S/C34H49N3O5/c1-4-5-6-11-27(39)19-17-24-21-31(42-28-12-7-8-13-28)33(40)32-29(24)14-9-10-26(37-34(35)36)18-16-25(22-41-3)30(32)20-15-23(2)38/h6,11,21,25-26,28,30,40H,4-5,7-8,10,12-13,15-20,22H2,1-3H3,(H4,35,36,37)/t25?,26-,30-/m1/s1. The van der Waals surface area contributed by atoms with Gasteiger partial charge in [-0.15, -0.1) is 0 Å². The first kappa shape index (κ1) is 33.2. The number of carbonyl (C=O) groups is 2. The number of rotatable bonds is 14. The first-order valence-electron chi connectivity index (χ1n) is 15.5. The molecular weight excluding hydrogens is 530 g/mol. The Labute approximate surface area is 251 Å². The van der Waals surface area contributed by atoms with Gasteiger partial charge in [-0.05, 0) is 94.3 Å². The van der Waals surface area contributed by atoms with E-state index in [0.29, 0.717) is 62.0 Å². The Morgan fingerprint density at radius 2 is 1.93 bits per heavy atom. The second kappa shape index (κ2) is 17.0. The Morgan fingerprint density at radius 3 is 2.60 bits per heavy atom. The van der Waals surface area contributed by atoms with Crippen molar-refractivity contribution in [2.75, 3.05) is 13.7 Å². The zero-order valence-electron chi connectivity index (χ0n) is 25.6. The molecule has 1 aromatic rings. The molecule has 2 aliphatic rings. The summed E-state index contributed by atoms with van der Waals surface area (Å²) in [6, 6.07) is 1.70. The van der Waals surface area contributed by atoms with Gasteiger partial charge >= 0.3 is 0 Å². The van der Waals surface area contributed by atoms with E-state index in [1.165, 1.54) is 0 Å². The first-order chi connectivity index (χ1) is 20.2. The summed E-state index contributed by atoms with van der Waals surface area (Å²) in [4.78, 5) is 29.4. The fraction of sp³-hybridized carbons (Fsp3) is 0.618. The van der Waals surface area contributed by atoms with E-state index in [2.05, 4.69) is 23.8 Å². The second-order valence-corrected chi connectivity index (χ2v) is 11.7. The number of fused-ring (bicyclic) bond motifs is 1. The van der Waals surface area contributed by atoms with Crippen LogP contribution in [0.5, 0.6) is 11.5 Å². The average Bonchev–Trinajstić information content (AvgIpc) is 3.45. The minimum absolute atomic E-state index is 0.0243. The number of nitrogens with zero attached hydrogens (tertiary/aromatic N) is 1. The number of aryl methyl sites for hydroxylation is 1. The van der Waals surface area contributed by atoms with Crippen LogP contribution in [0.3, 0.4) is 0 Å². The number of methoxy groups -OCH3 is 1. The van der Waals surface area contributed by atoms with Crippen molar-refractivity contribution in [2.45, 2.75) is 115 Å². The third-order valence-corrected chi connectivity index (χ3v) is 8.26. The minimum atomic E-state index is -0.220. The molecule has 5 N–H and O–H groups in total. The maximum atomic E-state index is 12.7. The number of phenols is 1. The van der Waals surface area contributed by atoms with Crippen LogP contribution in [-0.4, -0.2) is 48.5 Å². The van der Waals surface area contributed by atoms with Gasteiger partial charge in [0.05, 0.1) is 12.1 Å². The molecular formula is C34H49N3O5. The number of Topliss-reactive ketones (excluding diaryl/α,β-unsaturated/α-hetero) is 1. The highest BCUT2D eigenvalue weighted by Crippen LogP contribution is 2.46. The molecule has 1 aromatic carbocycles. The number of carbonyl (C=O) groups excluding carboxylic acids is 2. The number of nitrogens with two attached hydrogens (primary N) is 2. The zero-order valence-corrected chi connectivity index (χ0v) is 25.6. The fourth-order valence-corrected chi connectivity index (χ4v) is 6.10. The number of unbranched alkanes of at least 4 members (excludes halogenated alkanes) is 1. The molecule has 0 aliphatic heterocycles. The van der Waals surface area contributed by atoms with Crippen LogP contribution in [0.4, 0.5) is 0 Å². The summed E-state index contributed by atoms with van der Waals surface area (Å²) in [6.07, 6.45) is 13.1. The number of hydrogen-bond donors (Lipinski definition) is 3. The van der Waals surface area contributed by atoms with E-state index in [4.69, 9.17) is 20.9 Å². The van der Waals surface area contributed by atoms with E-state index in [9.17, 15) is 14.7 Å². The lowest BCUT2D eigenvalue weighted by Gasteiger charge is -2.31. The third kappa shape index (κ3) is 9.90. The minimum Gasteiger partial charge on any atom is -0.504 e. The van der Waals surface area contributed by atoms with Gasteiger partial charge in [0.2, 0.25) is 0 Å². The van der Waals surface area contributed by atoms with Crippen LogP contribution in [0.25, 0.3) is 0 Å². The molecule has 1 saturated carbocycles. The highest BCUT2D eigenvalue weighted by Gasteiger charge is 2.33. The van der Waals surface area contributed by atoms with Crippen LogP contribution in [-0.2, 0) is 20.7 Å². The number of aromatic hydroxyl groups is 1. The number of allylic oxidation sites excluding steroid dienone is 2. The van der Waals surface area contributed by atoms with E-state index < -0.39 is 0 Å². The number of ketones is 2. The molecule has 0 saturated heterocycles. The average molecular weight is 580 g/mol. The third-order valence-electron chi connectivity index (χ3n) is 8.26. The number of phenolic OH excluding ortho intramolecular Hbond substituents is 1. The molecule has 0 spiro atoms. The zero-order chi connectivity index (χ0) is 30.5. The summed E-state index contributed by atoms with van der Waals surface area (Å²) in [6.45, 7) is 4.10. The summed E-state index contributed by atoms with van der Waals surface area (Å²) in [7, 11) is 1.66. The van der Waals surface area contributed by atoms with Gasteiger partial charge in [0.15, 0.2) is 23.2 Å². The normalized spacial score (nSPS) is 20.9. The summed E-state index contributed by atoms with van der Waals surface area (Å²) < 4.78 is 12.1. The van der Waals surface area contributed by atoms with Gasteiger partial charge < -0.3 is 30.8 Å². The van der Waals surface area contributed by atoms with Gasteiger partial charge in [-0.2, -0.15) is 0 Å². The number of guanidine groups is 1. The number of benzene rings is 1. The van der Waals surface area contributed by atoms with Crippen LogP contribution < -0.4 is 16.2 Å². The van der Waals surface area contributed by atoms with Crippen LogP contribution in [0, 0.1) is 17.8 Å². The Kier molecular flexibility index (Phi) is 13.4. The lowest BCUT2D eigenvalue weighted by molar-refractivity contribution is -0.117. The Bertz CT molecular complexity index is 1190. The maximum Gasteiger partial charge on any atom is 0.186 e. The van der Waals surface area contributed by atoms with Crippen LogP contribution in [0.2, 0.25) is 0 Å². The van der Waals surface area contributed by atoms with E-state index in [0.717, 1.165) is 50.5 Å². The van der Waals surface area contributed by atoms with Crippen molar-refractivity contribution in [3.63, 3.8) is 0 Å². The molecule has 0 heterocycles. The first-order valence-corrected chi connectivity index (χ1v) is 15.5. The van der Waals surface area contributed by atoms with Crippen molar-refractivity contribution in [3.05, 3.63) is 34.9 Å². The monoisotopic (exact) mass is 579 g/mol. The van der Waals surface area contributed by atoms with Crippen LogP contribution in [0.1, 0.15) is 114 Å². The van der Waals surface area contributed by atoms with Gasteiger partial charge in [0, 0.05) is 44.1 Å². The maximum absolute atomic E-state index is 12.7. The summed E-state index contributed by atoms with van der Waals surface area (Å²) in [5, 5.41) is 11.9. The van der Waals surface area contributed by atoms with E-state index in [1.807, 2.05) is 12.1 Å². The Hall–Kier alpha value is -3.31. The Morgan fingerprint density at radius 1 is 1.17 bits per heavy atom. The largest absolute Gasteiger partial charge is 0.504 e. The van der Waals surface area contributed by atoms with Crippen LogP contribution >= 0.6 is 0 Å². The lowest BCUT2D eigenvalue weighted by Crippen LogP contribution is -2.27. The van der Waals surface area contributed by atoms with Gasteiger partial charge in [0.25, 0.3) is 0 Å². The second-order valence-electron chi connectivity index (χ2n) is 11.7. The predicted octanol–water partition coefficient (Wildman–Crippen LogP) is 5.46. The van der Waals surface area contributed by atoms with Gasteiger partial charge in [-0.3, -0.25) is 4.79 Å². The molecule has 8 nitrogen and oxygen atoms in total. The van der Waals surface area contributed by atoms with E-state index in [1.54, 1.807) is 20.1 Å². The number of aliphatic imine (C=N–C) groups is 1. The van der Waals surface area contributed by atoms with Crippen molar-refractivity contribution in [1.29, 1.82) is 0 Å². The molecule has 0 amide bonds. The van der Waals surface area contributed by atoms with Gasteiger partial charge in [0.1, 0.15) is 5.78 Å². The predicted molar refractivity (Wildman–Crippen MR) is 167 cm³/mol. The highest BCUT2D eigenvalue weighted by molar-refractivity contribution is 5.89. The van der Waals surface area contributed by atoms with Crippen molar-refractivity contribution in [1.82, 2.24) is 0 Å². The molecule has 42 heavy (non-hydrogen) atoms. The molecule has 3 atom stereocenters. The van der Waals surface area contributed by atoms with Crippen LogP contribution in [0.15, 0.2) is 23.2 Å². The topological polar surface area (TPSA) is 137 Å². The quantitative estimate of drug-likeness (QED) is 0.115. The van der Waals surface area contributed by atoms with E-state index in [-0.39, 0.29) is 47.3 Å². The fourth-order valence-electron chi connectivity index (χ4n) is 6.10. The molecule has 0 aromatic heterocycles. The summed E-state index contributed by atoms with van der Waals surface area (Å²) in [5.74, 6) is 7.05. The van der Waals surface area contributed by atoms with Gasteiger partial charge in [-0.1, -0.05) is 31.3 Å². The molecule has 230 valence electrons. The smallest absolute Gasteiger partial charge is 0.186 e. The molecule has 3 rings (SSSR count). The molecule has 0 bridgehead atoms. The molecule has 1 fully saturated rings. The number of ether oxygens (including phenoxy) is 2. The summed E-state index contributed by atoms with van der Waals surface area (Å²) in [5.41, 5.74) is 13.7. The SMILES string of the molecule is CCCC=CC(=O)CCc1cc(OC2CCCC2)c(O)c2c1C#CC[C@@H](N=C(N)N)CCC(COC)[C@H]2CCC(C)=O. The van der Waals surface area contributed by atoms with Crippen molar-refractivity contribution in [2.24, 2.45) is 22.4 Å². The molecule has 8 heteroatoms. The highest BCUT2D eigenvalue weighted by atomic mass is 16.5. The van der Waals surface area contributed by atoms with Gasteiger partial charge in [-0.25, -0.2) is 4.99 Å².